The molecule has 0 aliphatic heterocycles. The number of benzene rings is 1. The Hall–Kier alpha value is -2.69. The highest BCUT2D eigenvalue weighted by atomic mass is 16.4. The molecule has 0 aliphatic rings. The standard InChI is InChI=1S/C15H12O5/c1-3-8(2)14(17)9-4-5-12-10(6-9)11(16)7-13(20-12)15(18)19/h4-7H,2-3H2,1H3,(H,18,19). The molecule has 0 fully saturated rings. The largest absolute Gasteiger partial charge is 0.475 e. The zero-order chi connectivity index (χ0) is 14.9. The van der Waals surface area contributed by atoms with Gasteiger partial charge in [0.1, 0.15) is 5.58 Å². The molecule has 1 aromatic carbocycles. The molecule has 1 aromatic heterocycles. The van der Waals surface area contributed by atoms with Gasteiger partial charge >= 0.3 is 5.97 Å². The van der Waals surface area contributed by atoms with Crippen molar-refractivity contribution >= 4 is 22.7 Å². The fourth-order valence-corrected chi connectivity index (χ4v) is 1.77. The Morgan fingerprint density at radius 2 is 2.00 bits per heavy atom. The molecule has 0 bridgehead atoms. The van der Waals surface area contributed by atoms with Gasteiger partial charge in [0.2, 0.25) is 5.76 Å². The Labute approximate surface area is 114 Å². The van der Waals surface area contributed by atoms with E-state index in [1.807, 2.05) is 6.92 Å². The first-order valence-electron chi connectivity index (χ1n) is 5.97. The summed E-state index contributed by atoms with van der Waals surface area (Å²) >= 11 is 0. The lowest BCUT2D eigenvalue weighted by atomic mass is 10.0. The minimum absolute atomic E-state index is 0.133. The van der Waals surface area contributed by atoms with Crippen LogP contribution in [0.2, 0.25) is 0 Å². The van der Waals surface area contributed by atoms with Crippen LogP contribution >= 0.6 is 0 Å². The monoisotopic (exact) mass is 272 g/mol. The van der Waals surface area contributed by atoms with Gasteiger partial charge in [-0.15, -0.1) is 0 Å². The van der Waals surface area contributed by atoms with E-state index < -0.39 is 17.2 Å². The average Bonchev–Trinajstić information content (AvgIpc) is 2.45. The summed E-state index contributed by atoms with van der Waals surface area (Å²) in [4.78, 5) is 34.6. The Bertz CT molecular complexity index is 782. The highest BCUT2D eigenvalue weighted by molar-refractivity contribution is 6.09. The molecule has 1 heterocycles. The van der Waals surface area contributed by atoms with Gasteiger partial charge in [-0.3, -0.25) is 9.59 Å². The molecule has 0 atom stereocenters. The van der Waals surface area contributed by atoms with Crippen LogP contribution in [0.1, 0.15) is 34.3 Å². The zero-order valence-electron chi connectivity index (χ0n) is 10.8. The molecule has 0 saturated heterocycles. The normalized spacial score (nSPS) is 10.4. The molecule has 0 radical (unpaired) electrons. The fourth-order valence-electron chi connectivity index (χ4n) is 1.77. The van der Waals surface area contributed by atoms with Gasteiger partial charge in [-0.2, -0.15) is 0 Å². The maximum atomic E-state index is 12.0. The molecule has 2 rings (SSSR count). The first-order valence-corrected chi connectivity index (χ1v) is 5.97. The summed E-state index contributed by atoms with van der Waals surface area (Å²) in [5, 5.41) is 8.99. The second-order valence-electron chi connectivity index (χ2n) is 4.28. The number of ketones is 1. The number of allylic oxidation sites excluding steroid dienone is 1. The minimum Gasteiger partial charge on any atom is -0.475 e. The summed E-state index contributed by atoms with van der Waals surface area (Å²) in [6.45, 7) is 5.47. The van der Waals surface area contributed by atoms with Gasteiger partial charge in [0.05, 0.1) is 5.39 Å². The van der Waals surface area contributed by atoms with Crippen LogP contribution in [0, 0.1) is 0 Å². The van der Waals surface area contributed by atoms with Crippen LogP contribution in [-0.4, -0.2) is 16.9 Å². The molecule has 0 amide bonds. The topological polar surface area (TPSA) is 84.6 Å². The molecule has 0 spiro atoms. The van der Waals surface area contributed by atoms with Gasteiger partial charge in [0.15, 0.2) is 11.2 Å². The number of hydrogen-bond acceptors (Lipinski definition) is 4. The predicted octanol–water partition coefficient (Wildman–Crippen LogP) is 2.64. The summed E-state index contributed by atoms with van der Waals surface area (Å²) in [7, 11) is 0. The van der Waals surface area contributed by atoms with Crippen LogP contribution in [0.25, 0.3) is 11.0 Å². The van der Waals surface area contributed by atoms with Crippen LogP contribution in [0.4, 0.5) is 0 Å². The van der Waals surface area contributed by atoms with Crippen LogP contribution in [0.15, 0.2) is 45.6 Å². The van der Waals surface area contributed by atoms with E-state index in [0.29, 0.717) is 17.6 Å². The first kappa shape index (κ1) is 13.7. The number of aromatic carboxylic acids is 1. The molecule has 5 heteroatoms. The molecule has 0 aliphatic carbocycles. The van der Waals surface area contributed by atoms with E-state index in [9.17, 15) is 14.4 Å². The molecule has 0 saturated carbocycles. The molecule has 20 heavy (non-hydrogen) atoms. The minimum atomic E-state index is -1.32. The van der Waals surface area contributed by atoms with Crippen molar-refractivity contribution in [2.75, 3.05) is 0 Å². The second kappa shape index (κ2) is 5.13. The van der Waals surface area contributed by atoms with Crippen LogP contribution in [0.5, 0.6) is 0 Å². The smallest absolute Gasteiger partial charge is 0.371 e. The van der Waals surface area contributed by atoms with Crippen LogP contribution in [-0.2, 0) is 0 Å². The summed E-state index contributed by atoms with van der Waals surface area (Å²) in [6.07, 6.45) is 0.517. The Balaban J connectivity index is 2.61. The zero-order valence-corrected chi connectivity index (χ0v) is 10.8. The molecular formula is C15H12O5. The van der Waals surface area contributed by atoms with E-state index in [1.54, 1.807) is 0 Å². The van der Waals surface area contributed by atoms with E-state index >= 15 is 0 Å². The Kier molecular flexibility index (Phi) is 3.52. The highest BCUT2D eigenvalue weighted by Gasteiger charge is 2.14. The highest BCUT2D eigenvalue weighted by Crippen LogP contribution is 2.17. The Morgan fingerprint density at radius 3 is 2.60 bits per heavy atom. The van der Waals surface area contributed by atoms with Crippen LogP contribution in [0.3, 0.4) is 0 Å². The van der Waals surface area contributed by atoms with Crippen molar-refractivity contribution in [2.24, 2.45) is 0 Å². The lowest BCUT2D eigenvalue weighted by Crippen LogP contribution is -2.08. The Morgan fingerprint density at radius 1 is 1.30 bits per heavy atom. The maximum absolute atomic E-state index is 12.0. The van der Waals surface area contributed by atoms with Crippen molar-refractivity contribution in [2.45, 2.75) is 13.3 Å². The number of carbonyl (C=O) groups is 2. The molecule has 1 N–H and O–H groups in total. The summed E-state index contributed by atoms with van der Waals surface area (Å²) in [6, 6.07) is 5.20. The van der Waals surface area contributed by atoms with E-state index in [0.717, 1.165) is 6.07 Å². The lowest BCUT2D eigenvalue weighted by Gasteiger charge is -2.04. The predicted molar refractivity (Wildman–Crippen MR) is 73.2 cm³/mol. The van der Waals surface area contributed by atoms with Crippen molar-refractivity contribution < 1.29 is 19.1 Å². The van der Waals surface area contributed by atoms with E-state index in [1.165, 1.54) is 18.2 Å². The van der Waals surface area contributed by atoms with Crippen molar-refractivity contribution in [1.29, 1.82) is 0 Å². The van der Waals surface area contributed by atoms with Gasteiger partial charge < -0.3 is 9.52 Å². The van der Waals surface area contributed by atoms with Crippen molar-refractivity contribution in [3.8, 4) is 0 Å². The van der Waals surface area contributed by atoms with Crippen molar-refractivity contribution in [3.63, 3.8) is 0 Å². The third-order valence-corrected chi connectivity index (χ3v) is 2.95. The number of fused-ring (bicyclic) bond motifs is 1. The lowest BCUT2D eigenvalue weighted by molar-refractivity contribution is 0.0663. The van der Waals surface area contributed by atoms with Crippen molar-refractivity contribution in [3.05, 3.63) is 58.0 Å². The quantitative estimate of drug-likeness (QED) is 0.683. The van der Waals surface area contributed by atoms with Gasteiger partial charge in [-0.1, -0.05) is 13.5 Å². The number of hydrogen-bond donors (Lipinski definition) is 1. The number of Topliss-reactive ketones (excluding diaryl/α,β-unsaturated/α-hetero) is 1. The molecule has 5 nitrogen and oxygen atoms in total. The maximum Gasteiger partial charge on any atom is 0.371 e. The van der Waals surface area contributed by atoms with Crippen LogP contribution < -0.4 is 5.43 Å². The third kappa shape index (κ3) is 2.38. The molecule has 0 unspecified atom stereocenters. The summed E-state index contributed by atoms with van der Waals surface area (Å²) in [5.74, 6) is -1.99. The first-order chi connectivity index (χ1) is 9.43. The molecular weight excluding hydrogens is 260 g/mol. The number of carboxylic acid groups (broad SMARTS) is 1. The third-order valence-electron chi connectivity index (χ3n) is 2.95. The number of rotatable bonds is 4. The summed E-state index contributed by atoms with van der Waals surface area (Å²) in [5.41, 5.74) is 0.407. The van der Waals surface area contributed by atoms with E-state index in [-0.39, 0.29) is 16.8 Å². The second-order valence-corrected chi connectivity index (χ2v) is 4.28. The summed E-state index contributed by atoms with van der Waals surface area (Å²) < 4.78 is 5.09. The fraction of sp³-hybridized carbons (Fsp3) is 0.133. The van der Waals surface area contributed by atoms with Crippen molar-refractivity contribution in [1.82, 2.24) is 0 Å². The molecule has 102 valence electrons. The SMILES string of the molecule is C=C(CC)C(=O)c1ccc2oc(C(=O)O)cc(=O)c2c1. The van der Waals surface area contributed by atoms with Gasteiger partial charge in [-0.25, -0.2) is 4.79 Å². The van der Waals surface area contributed by atoms with E-state index in [2.05, 4.69) is 6.58 Å². The number of carboxylic acids is 1. The van der Waals surface area contributed by atoms with Gasteiger partial charge in [-0.05, 0) is 30.2 Å². The molecule has 2 aromatic rings. The van der Waals surface area contributed by atoms with Gasteiger partial charge in [0, 0.05) is 11.6 Å². The average molecular weight is 272 g/mol. The number of carbonyl (C=O) groups excluding carboxylic acids is 1. The van der Waals surface area contributed by atoms with E-state index in [4.69, 9.17) is 9.52 Å². The van der Waals surface area contributed by atoms with Gasteiger partial charge in [0.25, 0.3) is 0 Å².